The van der Waals surface area contributed by atoms with Gasteiger partial charge in [-0.1, -0.05) is 0 Å². The molecule has 0 aliphatic carbocycles. The smallest absolute Gasteiger partial charge is 0.126 e. The predicted octanol–water partition coefficient (Wildman–Crippen LogP) is 2.02. The summed E-state index contributed by atoms with van der Waals surface area (Å²) in [7, 11) is 2.10. The van der Waals surface area contributed by atoms with Crippen LogP contribution in [-0.2, 0) is 0 Å². The molecule has 0 radical (unpaired) electrons. The van der Waals surface area contributed by atoms with Crippen LogP contribution in [0.15, 0.2) is 18.2 Å². The van der Waals surface area contributed by atoms with Crippen molar-refractivity contribution in [1.82, 2.24) is 9.80 Å². The Morgan fingerprint density at radius 3 is 2.50 bits per heavy atom. The van der Waals surface area contributed by atoms with Crippen molar-refractivity contribution in [3.8, 4) is 0 Å². The van der Waals surface area contributed by atoms with Gasteiger partial charge in [0.15, 0.2) is 0 Å². The van der Waals surface area contributed by atoms with Gasteiger partial charge in [0.25, 0.3) is 0 Å². The van der Waals surface area contributed by atoms with E-state index in [2.05, 4.69) is 23.8 Å². The highest BCUT2D eigenvalue weighted by Gasteiger charge is 2.21. The summed E-state index contributed by atoms with van der Waals surface area (Å²) in [5, 5.41) is 10.0. The molecule has 0 bridgehead atoms. The predicted molar refractivity (Wildman–Crippen MR) is 74.5 cm³/mol. The molecule has 1 fully saturated rings. The Kier molecular flexibility index (Phi) is 5.07. The second kappa shape index (κ2) is 6.61. The van der Waals surface area contributed by atoms with E-state index in [4.69, 9.17) is 0 Å². The molecule has 5 heteroatoms. The van der Waals surface area contributed by atoms with Crippen molar-refractivity contribution >= 4 is 0 Å². The number of piperazine rings is 1. The first-order valence-corrected chi connectivity index (χ1v) is 7.02. The van der Waals surface area contributed by atoms with Crippen LogP contribution in [0.3, 0.4) is 0 Å². The van der Waals surface area contributed by atoms with E-state index in [9.17, 15) is 13.9 Å². The summed E-state index contributed by atoms with van der Waals surface area (Å²) in [5.74, 6) is -1.29. The van der Waals surface area contributed by atoms with Gasteiger partial charge in [0.1, 0.15) is 11.6 Å². The highest BCUT2D eigenvalue weighted by Crippen LogP contribution is 2.20. The number of hydrogen-bond donors (Lipinski definition) is 1. The van der Waals surface area contributed by atoms with E-state index >= 15 is 0 Å². The number of aliphatic hydroxyl groups is 1. The molecule has 112 valence electrons. The van der Waals surface area contributed by atoms with Gasteiger partial charge in [-0.2, -0.15) is 0 Å². The van der Waals surface area contributed by atoms with Crippen LogP contribution < -0.4 is 0 Å². The van der Waals surface area contributed by atoms with Crippen LogP contribution in [0.4, 0.5) is 8.78 Å². The maximum Gasteiger partial charge on any atom is 0.126 e. The summed E-state index contributed by atoms with van der Waals surface area (Å²) >= 11 is 0. The Morgan fingerprint density at radius 1 is 1.25 bits per heavy atom. The van der Waals surface area contributed by atoms with E-state index in [-0.39, 0.29) is 0 Å². The number of halogens is 2. The SMILES string of the molecule is CC1CN(CCC(O)c2cc(F)cc(F)c2)CCN1C. The van der Waals surface area contributed by atoms with Crippen LogP contribution >= 0.6 is 0 Å². The van der Waals surface area contributed by atoms with Gasteiger partial charge < -0.3 is 14.9 Å². The molecule has 1 heterocycles. The van der Waals surface area contributed by atoms with Crippen LogP contribution in [0.5, 0.6) is 0 Å². The summed E-state index contributed by atoms with van der Waals surface area (Å²) in [6.07, 6.45) is -0.338. The summed E-state index contributed by atoms with van der Waals surface area (Å²) in [6.45, 7) is 5.83. The minimum Gasteiger partial charge on any atom is -0.388 e. The Morgan fingerprint density at radius 2 is 1.90 bits per heavy atom. The summed E-state index contributed by atoms with van der Waals surface area (Å²) in [4.78, 5) is 4.58. The molecule has 1 N–H and O–H groups in total. The highest BCUT2D eigenvalue weighted by molar-refractivity contribution is 5.20. The van der Waals surface area contributed by atoms with Crippen LogP contribution in [0.1, 0.15) is 25.0 Å². The Labute approximate surface area is 118 Å². The molecule has 2 unspecified atom stereocenters. The topological polar surface area (TPSA) is 26.7 Å². The van der Waals surface area contributed by atoms with Crippen molar-refractivity contribution in [2.24, 2.45) is 0 Å². The standard InChI is InChI=1S/C15H22F2N2O/c1-11-10-19(6-5-18(11)2)4-3-15(20)12-7-13(16)9-14(17)8-12/h7-9,11,15,20H,3-6,10H2,1-2H3. The third-order valence-electron chi connectivity index (χ3n) is 4.03. The van der Waals surface area contributed by atoms with Gasteiger partial charge in [0.05, 0.1) is 6.10 Å². The lowest BCUT2D eigenvalue weighted by atomic mass is 10.1. The Hall–Kier alpha value is -1.04. The zero-order chi connectivity index (χ0) is 14.7. The van der Waals surface area contributed by atoms with Gasteiger partial charge in [-0.25, -0.2) is 8.78 Å². The molecular weight excluding hydrogens is 262 g/mol. The van der Waals surface area contributed by atoms with Gasteiger partial charge in [0.2, 0.25) is 0 Å². The first-order valence-electron chi connectivity index (χ1n) is 7.02. The monoisotopic (exact) mass is 284 g/mol. The van der Waals surface area contributed by atoms with Crippen LogP contribution in [0.25, 0.3) is 0 Å². The number of aliphatic hydroxyl groups excluding tert-OH is 1. The average molecular weight is 284 g/mol. The number of likely N-dealkylation sites (N-methyl/N-ethyl adjacent to an activating group) is 1. The molecule has 1 aliphatic heterocycles. The van der Waals surface area contributed by atoms with E-state index in [1.54, 1.807) is 0 Å². The van der Waals surface area contributed by atoms with Crippen molar-refractivity contribution in [3.05, 3.63) is 35.4 Å². The zero-order valence-electron chi connectivity index (χ0n) is 12.0. The summed E-state index contributed by atoms with van der Waals surface area (Å²) in [5.41, 5.74) is 0.310. The van der Waals surface area contributed by atoms with Crippen molar-refractivity contribution in [2.75, 3.05) is 33.2 Å². The lowest BCUT2D eigenvalue weighted by Crippen LogP contribution is -2.50. The quantitative estimate of drug-likeness (QED) is 0.916. The van der Waals surface area contributed by atoms with E-state index in [1.807, 2.05) is 0 Å². The fourth-order valence-electron chi connectivity index (χ4n) is 2.57. The number of hydrogen-bond acceptors (Lipinski definition) is 3. The van der Waals surface area contributed by atoms with Crippen molar-refractivity contribution < 1.29 is 13.9 Å². The fourth-order valence-corrected chi connectivity index (χ4v) is 2.57. The largest absolute Gasteiger partial charge is 0.388 e. The Bertz CT molecular complexity index is 435. The molecule has 0 spiro atoms. The summed E-state index contributed by atoms with van der Waals surface area (Å²) < 4.78 is 26.2. The van der Waals surface area contributed by atoms with E-state index < -0.39 is 17.7 Å². The molecule has 1 saturated heterocycles. The number of benzene rings is 1. The van der Waals surface area contributed by atoms with Gasteiger partial charge in [-0.05, 0) is 38.1 Å². The first-order chi connectivity index (χ1) is 9.45. The van der Waals surface area contributed by atoms with Gasteiger partial charge >= 0.3 is 0 Å². The molecule has 0 amide bonds. The molecule has 1 aromatic rings. The molecule has 20 heavy (non-hydrogen) atoms. The lowest BCUT2D eigenvalue weighted by molar-refractivity contribution is 0.0837. The molecule has 1 aliphatic rings. The van der Waals surface area contributed by atoms with E-state index in [1.165, 1.54) is 12.1 Å². The maximum absolute atomic E-state index is 13.1. The Balaban J connectivity index is 1.87. The van der Waals surface area contributed by atoms with E-state index in [0.29, 0.717) is 18.0 Å². The molecular formula is C15H22F2N2O. The zero-order valence-corrected chi connectivity index (χ0v) is 12.0. The van der Waals surface area contributed by atoms with Gasteiger partial charge in [-0.15, -0.1) is 0 Å². The molecule has 3 nitrogen and oxygen atoms in total. The lowest BCUT2D eigenvalue weighted by Gasteiger charge is -2.38. The second-order valence-electron chi connectivity index (χ2n) is 5.64. The minimum atomic E-state index is -0.824. The highest BCUT2D eigenvalue weighted by atomic mass is 19.1. The van der Waals surface area contributed by atoms with Gasteiger partial charge in [0, 0.05) is 38.3 Å². The van der Waals surface area contributed by atoms with Crippen molar-refractivity contribution in [2.45, 2.75) is 25.5 Å². The third-order valence-corrected chi connectivity index (χ3v) is 4.03. The third kappa shape index (κ3) is 3.98. The normalized spacial score (nSPS) is 22.9. The number of rotatable bonds is 4. The van der Waals surface area contributed by atoms with Crippen molar-refractivity contribution in [3.63, 3.8) is 0 Å². The van der Waals surface area contributed by atoms with Crippen LogP contribution in [0.2, 0.25) is 0 Å². The molecule has 2 rings (SSSR count). The van der Waals surface area contributed by atoms with Crippen molar-refractivity contribution in [1.29, 1.82) is 0 Å². The van der Waals surface area contributed by atoms with Crippen LogP contribution in [0, 0.1) is 11.6 Å². The minimum absolute atomic E-state index is 0.310. The van der Waals surface area contributed by atoms with Gasteiger partial charge in [-0.3, -0.25) is 0 Å². The maximum atomic E-state index is 13.1. The number of nitrogens with zero attached hydrogens (tertiary/aromatic N) is 2. The second-order valence-corrected chi connectivity index (χ2v) is 5.64. The molecule has 1 aromatic carbocycles. The van der Waals surface area contributed by atoms with E-state index in [0.717, 1.165) is 32.2 Å². The summed E-state index contributed by atoms with van der Waals surface area (Å²) in [6, 6.07) is 3.70. The fraction of sp³-hybridized carbons (Fsp3) is 0.600. The molecule has 2 atom stereocenters. The molecule has 0 aromatic heterocycles. The first kappa shape index (κ1) is 15.4. The average Bonchev–Trinajstić information content (AvgIpc) is 2.38. The van der Waals surface area contributed by atoms with Crippen LogP contribution in [-0.4, -0.2) is 54.2 Å². The molecule has 0 saturated carbocycles.